The van der Waals surface area contributed by atoms with Crippen LogP contribution in [0.4, 0.5) is 0 Å². The number of aromatic nitrogens is 1. The van der Waals surface area contributed by atoms with E-state index in [1.807, 2.05) is 24.3 Å². The number of rotatable bonds is 9. The quantitative estimate of drug-likeness (QED) is 0.506. The number of amides is 1. The maximum Gasteiger partial charge on any atom is 0.326 e. The molecule has 7 nitrogen and oxygen atoms in total. The Morgan fingerprint density at radius 1 is 1.28 bits per heavy atom. The Morgan fingerprint density at radius 3 is 2.68 bits per heavy atom. The minimum absolute atomic E-state index is 0.219. The monoisotopic (exact) mass is 346 g/mol. The van der Waals surface area contributed by atoms with Crippen LogP contribution in [0.15, 0.2) is 30.5 Å². The molecule has 2 atom stereocenters. The van der Waals surface area contributed by atoms with Crippen LogP contribution in [0.5, 0.6) is 0 Å². The van der Waals surface area contributed by atoms with E-state index in [0.717, 1.165) is 29.3 Å². The third kappa shape index (κ3) is 4.58. The van der Waals surface area contributed by atoms with Crippen molar-refractivity contribution in [1.82, 2.24) is 9.88 Å². The van der Waals surface area contributed by atoms with Gasteiger partial charge in [-0.2, -0.15) is 0 Å². The van der Waals surface area contributed by atoms with Crippen molar-refractivity contribution in [3.8, 4) is 0 Å². The van der Waals surface area contributed by atoms with E-state index in [2.05, 4.69) is 4.98 Å². The van der Waals surface area contributed by atoms with E-state index in [1.165, 1.54) is 11.9 Å². The molecule has 1 aromatic heterocycles. The Kier molecular flexibility index (Phi) is 6.55. The number of nitrogens with zero attached hydrogens (tertiary/aromatic N) is 1. The minimum Gasteiger partial charge on any atom is -0.480 e. The smallest absolute Gasteiger partial charge is 0.326 e. The predicted octanol–water partition coefficient (Wildman–Crippen LogP) is 1.08. The van der Waals surface area contributed by atoms with Crippen LogP contribution in [0, 0.1) is 0 Å². The van der Waals surface area contributed by atoms with Gasteiger partial charge in [0.05, 0.1) is 6.04 Å². The van der Waals surface area contributed by atoms with Crippen molar-refractivity contribution in [3.05, 3.63) is 36.0 Å². The van der Waals surface area contributed by atoms with Crippen LogP contribution < -0.4 is 11.5 Å². The number of hydrogen-bond acceptors (Lipinski definition) is 4. The van der Waals surface area contributed by atoms with Crippen LogP contribution in [0.3, 0.4) is 0 Å². The topological polar surface area (TPSA) is 125 Å². The molecule has 1 amide bonds. The number of carbonyl (C=O) groups excluding carboxylic acids is 1. The Labute approximate surface area is 147 Å². The van der Waals surface area contributed by atoms with Gasteiger partial charge in [-0.05, 0) is 31.0 Å². The van der Waals surface area contributed by atoms with Crippen molar-refractivity contribution >= 4 is 22.8 Å². The molecule has 0 aliphatic heterocycles. The van der Waals surface area contributed by atoms with Crippen molar-refractivity contribution in [1.29, 1.82) is 0 Å². The summed E-state index contributed by atoms with van der Waals surface area (Å²) < 4.78 is 0. The molecule has 0 saturated carbocycles. The molecule has 1 heterocycles. The largest absolute Gasteiger partial charge is 0.480 e. The zero-order chi connectivity index (χ0) is 18.4. The summed E-state index contributed by atoms with van der Waals surface area (Å²) in [5.41, 5.74) is 13.2. The molecule has 136 valence electrons. The standard InChI is InChI=1S/C18H26N4O3/c1-22(17(23)14(20)7-4-5-9-19)16(18(24)25)10-12-11-21-15-8-3-2-6-13(12)15/h2-3,6,8,11,14,16,21H,4-5,7,9-10,19-20H2,1H3,(H,24,25)/t14-,16+/m0/s1. The normalized spacial score (nSPS) is 13.6. The van der Waals surface area contributed by atoms with Gasteiger partial charge in [-0.25, -0.2) is 4.79 Å². The molecular formula is C18H26N4O3. The van der Waals surface area contributed by atoms with Gasteiger partial charge in [0.1, 0.15) is 6.04 Å². The van der Waals surface area contributed by atoms with Gasteiger partial charge >= 0.3 is 5.97 Å². The summed E-state index contributed by atoms with van der Waals surface area (Å²) in [6.45, 7) is 0.551. The van der Waals surface area contributed by atoms with Gasteiger partial charge in [0.2, 0.25) is 5.91 Å². The summed E-state index contributed by atoms with van der Waals surface area (Å²) in [7, 11) is 1.50. The summed E-state index contributed by atoms with van der Waals surface area (Å²) in [5, 5.41) is 10.6. The lowest BCUT2D eigenvalue weighted by atomic mass is 10.0. The average molecular weight is 346 g/mol. The number of H-pyrrole nitrogens is 1. The molecule has 0 fully saturated rings. The van der Waals surface area contributed by atoms with Gasteiger partial charge in [-0.3, -0.25) is 4.79 Å². The second-order valence-corrected chi connectivity index (χ2v) is 6.26. The van der Waals surface area contributed by atoms with Crippen molar-refractivity contribution in [2.45, 2.75) is 37.8 Å². The third-order valence-electron chi connectivity index (χ3n) is 4.47. The van der Waals surface area contributed by atoms with Gasteiger partial charge in [-0.15, -0.1) is 0 Å². The van der Waals surface area contributed by atoms with Gasteiger partial charge in [-0.1, -0.05) is 24.6 Å². The molecule has 25 heavy (non-hydrogen) atoms. The van der Waals surface area contributed by atoms with Crippen LogP contribution in [0.25, 0.3) is 10.9 Å². The number of nitrogens with two attached hydrogens (primary N) is 2. The first kappa shape index (κ1) is 19.0. The Morgan fingerprint density at radius 2 is 2.00 bits per heavy atom. The summed E-state index contributed by atoms with van der Waals surface area (Å²) in [6.07, 6.45) is 4.05. The highest BCUT2D eigenvalue weighted by molar-refractivity contribution is 5.88. The zero-order valence-electron chi connectivity index (χ0n) is 14.4. The van der Waals surface area contributed by atoms with E-state index in [-0.39, 0.29) is 12.3 Å². The minimum atomic E-state index is -1.05. The first-order valence-corrected chi connectivity index (χ1v) is 8.45. The molecule has 2 aromatic rings. The number of para-hydroxylation sites is 1. The molecule has 0 saturated heterocycles. The van der Waals surface area contributed by atoms with E-state index in [0.29, 0.717) is 13.0 Å². The van der Waals surface area contributed by atoms with E-state index < -0.39 is 18.1 Å². The van der Waals surface area contributed by atoms with Crippen molar-refractivity contribution < 1.29 is 14.7 Å². The molecule has 6 N–H and O–H groups in total. The molecule has 0 spiro atoms. The van der Waals surface area contributed by atoms with Gasteiger partial charge in [0.15, 0.2) is 0 Å². The SMILES string of the molecule is CN(C(=O)[C@@H](N)CCCCN)[C@H](Cc1c[nH]c2ccccc12)C(=O)O. The van der Waals surface area contributed by atoms with Gasteiger partial charge in [0, 0.05) is 30.6 Å². The molecule has 2 rings (SSSR count). The summed E-state index contributed by atoms with van der Waals surface area (Å²) in [5.74, 6) is -1.40. The lowest BCUT2D eigenvalue weighted by Gasteiger charge is -2.27. The number of likely N-dealkylation sites (N-methyl/N-ethyl adjacent to an activating group) is 1. The molecular weight excluding hydrogens is 320 g/mol. The Hall–Kier alpha value is -2.38. The molecule has 1 aromatic carbocycles. The van der Waals surface area contributed by atoms with Gasteiger partial charge in [0.25, 0.3) is 0 Å². The second kappa shape index (κ2) is 8.64. The molecule has 0 aliphatic rings. The summed E-state index contributed by atoms with van der Waals surface area (Å²) in [4.78, 5) is 28.6. The fourth-order valence-corrected chi connectivity index (χ4v) is 2.95. The van der Waals surface area contributed by atoms with E-state index in [9.17, 15) is 14.7 Å². The van der Waals surface area contributed by atoms with Crippen molar-refractivity contribution in [2.24, 2.45) is 11.5 Å². The van der Waals surface area contributed by atoms with Crippen LogP contribution in [0.2, 0.25) is 0 Å². The first-order chi connectivity index (χ1) is 12.0. The number of nitrogens with one attached hydrogen (secondary N) is 1. The number of carboxylic acids is 1. The highest BCUT2D eigenvalue weighted by atomic mass is 16.4. The van der Waals surface area contributed by atoms with Crippen LogP contribution in [-0.2, 0) is 16.0 Å². The molecule has 0 bridgehead atoms. The molecule has 7 heteroatoms. The number of hydrogen-bond donors (Lipinski definition) is 4. The molecule has 0 aliphatic carbocycles. The number of aromatic amines is 1. The number of benzene rings is 1. The summed E-state index contributed by atoms with van der Waals surface area (Å²) in [6, 6.07) is 6.00. The third-order valence-corrected chi connectivity index (χ3v) is 4.47. The fourth-order valence-electron chi connectivity index (χ4n) is 2.95. The highest BCUT2D eigenvalue weighted by Gasteiger charge is 2.30. The van der Waals surface area contributed by atoms with Crippen LogP contribution in [-0.4, -0.2) is 52.5 Å². The number of carboxylic acid groups (broad SMARTS) is 1. The highest BCUT2D eigenvalue weighted by Crippen LogP contribution is 2.20. The number of unbranched alkanes of at least 4 members (excludes halogenated alkanes) is 1. The fraction of sp³-hybridized carbons (Fsp3) is 0.444. The van der Waals surface area contributed by atoms with Crippen LogP contribution >= 0.6 is 0 Å². The number of aliphatic carboxylic acids is 1. The van der Waals surface area contributed by atoms with Gasteiger partial charge < -0.3 is 26.5 Å². The molecule has 0 radical (unpaired) electrons. The lowest BCUT2D eigenvalue weighted by molar-refractivity contribution is -0.149. The van der Waals surface area contributed by atoms with E-state index in [1.54, 1.807) is 6.20 Å². The first-order valence-electron chi connectivity index (χ1n) is 8.45. The number of carbonyl (C=O) groups is 2. The lowest BCUT2D eigenvalue weighted by Crippen LogP contribution is -2.50. The molecule has 0 unspecified atom stereocenters. The summed E-state index contributed by atoms with van der Waals surface area (Å²) >= 11 is 0. The van der Waals surface area contributed by atoms with Crippen molar-refractivity contribution in [3.63, 3.8) is 0 Å². The number of fused-ring (bicyclic) bond motifs is 1. The van der Waals surface area contributed by atoms with Crippen molar-refractivity contribution in [2.75, 3.05) is 13.6 Å². The second-order valence-electron chi connectivity index (χ2n) is 6.26. The predicted molar refractivity (Wildman–Crippen MR) is 97.1 cm³/mol. The van der Waals surface area contributed by atoms with Crippen LogP contribution in [0.1, 0.15) is 24.8 Å². The maximum absolute atomic E-state index is 12.5. The van der Waals surface area contributed by atoms with E-state index in [4.69, 9.17) is 11.5 Å². The Balaban J connectivity index is 2.11. The zero-order valence-corrected chi connectivity index (χ0v) is 14.4. The maximum atomic E-state index is 12.5. The van der Waals surface area contributed by atoms with E-state index >= 15 is 0 Å². The Bertz CT molecular complexity index is 728. The average Bonchev–Trinajstić information content (AvgIpc) is 3.01.